The number of carbonyl (C=O) groups is 1. The summed E-state index contributed by atoms with van der Waals surface area (Å²) in [7, 11) is 3.23. The van der Waals surface area contributed by atoms with E-state index in [0.717, 1.165) is 46.8 Å². The molecule has 0 saturated heterocycles. The molecule has 1 amide bonds. The smallest absolute Gasteiger partial charge is 0.226 e. The highest BCUT2D eigenvalue weighted by atomic mass is 32.1. The lowest BCUT2D eigenvalue weighted by atomic mass is 10.1. The maximum atomic E-state index is 12.3. The van der Waals surface area contributed by atoms with Gasteiger partial charge >= 0.3 is 0 Å². The van der Waals surface area contributed by atoms with Crippen molar-refractivity contribution >= 4 is 43.9 Å². The van der Waals surface area contributed by atoms with Crippen molar-refractivity contribution in [2.45, 2.75) is 25.7 Å². The zero-order chi connectivity index (χ0) is 21.6. The maximum Gasteiger partial charge on any atom is 0.226 e. The molecule has 0 atom stereocenters. The molecule has 0 aliphatic rings. The molecule has 0 unspecified atom stereocenters. The minimum absolute atomic E-state index is 0.0214. The van der Waals surface area contributed by atoms with E-state index in [0.29, 0.717) is 17.3 Å². The molecule has 4 rings (SSSR count). The van der Waals surface area contributed by atoms with E-state index in [-0.39, 0.29) is 5.91 Å². The van der Waals surface area contributed by atoms with Gasteiger partial charge in [-0.1, -0.05) is 12.1 Å². The Morgan fingerprint density at radius 2 is 1.94 bits per heavy atom. The number of anilines is 1. The van der Waals surface area contributed by atoms with Crippen LogP contribution in [-0.2, 0) is 11.2 Å². The van der Waals surface area contributed by atoms with Gasteiger partial charge in [0, 0.05) is 23.4 Å². The molecule has 6 nitrogen and oxygen atoms in total. The van der Waals surface area contributed by atoms with Crippen LogP contribution in [0.4, 0.5) is 5.13 Å². The highest BCUT2D eigenvalue weighted by molar-refractivity contribution is 7.18. The Balaban J connectivity index is 1.28. The van der Waals surface area contributed by atoms with Crippen LogP contribution in [0.25, 0.3) is 21.5 Å². The van der Waals surface area contributed by atoms with Gasteiger partial charge < -0.3 is 14.8 Å². The number of methoxy groups -OCH3 is 2. The molecule has 4 aromatic rings. The summed E-state index contributed by atoms with van der Waals surface area (Å²) in [6.07, 6.45) is 3.10. The monoisotopic (exact) mass is 453 g/mol. The Morgan fingerprint density at radius 1 is 1.06 bits per heavy atom. The topological polar surface area (TPSA) is 73.3 Å². The highest BCUT2D eigenvalue weighted by Gasteiger charge is 2.13. The van der Waals surface area contributed by atoms with Crippen molar-refractivity contribution in [1.29, 1.82) is 0 Å². The van der Waals surface area contributed by atoms with Crippen LogP contribution < -0.4 is 14.8 Å². The molecule has 0 saturated carbocycles. The van der Waals surface area contributed by atoms with E-state index in [1.54, 1.807) is 25.6 Å². The summed E-state index contributed by atoms with van der Waals surface area (Å²) in [6.45, 7) is 0. The fraction of sp³-hybridized carbons (Fsp3) is 0.261. The van der Waals surface area contributed by atoms with E-state index in [4.69, 9.17) is 9.47 Å². The Kier molecular flexibility index (Phi) is 6.79. The van der Waals surface area contributed by atoms with E-state index < -0.39 is 0 Å². The molecule has 160 valence electrons. The second-order valence-electron chi connectivity index (χ2n) is 6.93. The number of hydrogen-bond donors (Lipinski definition) is 1. The van der Waals surface area contributed by atoms with Gasteiger partial charge in [-0.25, -0.2) is 9.97 Å². The summed E-state index contributed by atoms with van der Waals surface area (Å²) in [6, 6.07) is 13.7. The van der Waals surface area contributed by atoms with Gasteiger partial charge in [0.25, 0.3) is 0 Å². The number of benzene rings is 2. The van der Waals surface area contributed by atoms with Crippen LogP contribution in [0, 0.1) is 0 Å². The van der Waals surface area contributed by atoms with Crippen molar-refractivity contribution < 1.29 is 14.3 Å². The molecular formula is C23H23N3O3S2. The van der Waals surface area contributed by atoms with Gasteiger partial charge in [0.05, 0.1) is 35.1 Å². The molecule has 31 heavy (non-hydrogen) atoms. The molecule has 0 aliphatic carbocycles. The minimum Gasteiger partial charge on any atom is -0.497 e. The third kappa shape index (κ3) is 5.21. The van der Waals surface area contributed by atoms with Gasteiger partial charge in [0.2, 0.25) is 5.91 Å². The number of nitrogens with one attached hydrogen (secondary N) is 1. The minimum atomic E-state index is -0.0214. The molecule has 1 N–H and O–H groups in total. The lowest BCUT2D eigenvalue weighted by Gasteiger charge is -2.08. The van der Waals surface area contributed by atoms with E-state index >= 15 is 0 Å². The first-order chi connectivity index (χ1) is 15.2. The Labute approximate surface area is 188 Å². The standard InChI is InChI=1S/C23H23N3O3S2/c1-28-15-11-12-16(19(13-15)29-2)18-14-30-23(25-18)26-21(27)9-5-6-10-22-24-17-7-3-4-8-20(17)31-22/h3-4,7-8,11-14H,5-6,9-10H2,1-2H3,(H,25,26,27). The quantitative estimate of drug-likeness (QED) is 0.325. The van der Waals surface area contributed by atoms with Gasteiger partial charge in [-0.05, 0) is 43.5 Å². The normalized spacial score (nSPS) is 10.9. The molecule has 0 bridgehead atoms. The fourth-order valence-corrected chi connectivity index (χ4v) is 4.97. The van der Waals surface area contributed by atoms with Crippen molar-refractivity contribution in [3.05, 3.63) is 52.9 Å². The van der Waals surface area contributed by atoms with Crippen LogP contribution in [0.2, 0.25) is 0 Å². The number of thiazole rings is 2. The Bertz CT molecular complexity index is 1150. The number of aromatic nitrogens is 2. The third-order valence-electron chi connectivity index (χ3n) is 4.82. The average molecular weight is 454 g/mol. The zero-order valence-corrected chi connectivity index (χ0v) is 19.0. The van der Waals surface area contributed by atoms with Gasteiger partial charge in [0.1, 0.15) is 11.5 Å². The number of hydrogen-bond acceptors (Lipinski definition) is 7. The molecule has 2 aromatic carbocycles. The van der Waals surface area contributed by atoms with E-state index in [9.17, 15) is 4.79 Å². The molecule has 0 fully saturated rings. The van der Waals surface area contributed by atoms with Crippen molar-refractivity contribution in [3.63, 3.8) is 0 Å². The predicted molar refractivity (Wildman–Crippen MR) is 126 cm³/mol. The molecule has 2 aromatic heterocycles. The van der Waals surface area contributed by atoms with E-state index in [2.05, 4.69) is 21.4 Å². The Hall–Kier alpha value is -2.97. The number of ether oxygens (including phenoxy) is 2. The number of aryl methyl sites for hydroxylation is 1. The summed E-state index contributed by atoms with van der Waals surface area (Å²) in [4.78, 5) is 21.5. The van der Waals surface area contributed by atoms with Crippen LogP contribution in [0.5, 0.6) is 11.5 Å². The van der Waals surface area contributed by atoms with Crippen molar-refractivity contribution in [2.75, 3.05) is 19.5 Å². The Morgan fingerprint density at radius 3 is 2.74 bits per heavy atom. The first-order valence-corrected chi connectivity index (χ1v) is 11.7. The highest BCUT2D eigenvalue weighted by Crippen LogP contribution is 2.34. The van der Waals surface area contributed by atoms with Crippen LogP contribution in [0.15, 0.2) is 47.8 Å². The average Bonchev–Trinajstić information content (AvgIpc) is 3.42. The first kappa shape index (κ1) is 21.3. The van der Waals surface area contributed by atoms with Crippen LogP contribution >= 0.6 is 22.7 Å². The number of unbranched alkanes of at least 4 members (excludes halogenated alkanes) is 1. The first-order valence-electron chi connectivity index (χ1n) is 9.98. The lowest BCUT2D eigenvalue weighted by molar-refractivity contribution is -0.116. The number of nitrogens with zero attached hydrogens (tertiary/aromatic N) is 2. The van der Waals surface area contributed by atoms with E-state index in [1.807, 2.05) is 41.8 Å². The summed E-state index contributed by atoms with van der Waals surface area (Å²) in [5.41, 5.74) is 2.67. The van der Waals surface area contributed by atoms with E-state index in [1.165, 1.54) is 16.0 Å². The van der Waals surface area contributed by atoms with Crippen molar-refractivity contribution in [2.24, 2.45) is 0 Å². The van der Waals surface area contributed by atoms with Crippen LogP contribution in [0.3, 0.4) is 0 Å². The molecule has 0 radical (unpaired) electrons. The lowest BCUT2D eigenvalue weighted by Crippen LogP contribution is -2.10. The maximum absolute atomic E-state index is 12.3. The molecular weight excluding hydrogens is 430 g/mol. The number of para-hydroxylation sites is 1. The summed E-state index contributed by atoms with van der Waals surface area (Å²) < 4.78 is 11.9. The molecule has 0 spiro atoms. The fourth-order valence-electron chi connectivity index (χ4n) is 3.24. The van der Waals surface area contributed by atoms with Crippen molar-refractivity contribution in [3.8, 4) is 22.8 Å². The number of fused-ring (bicyclic) bond motifs is 1. The predicted octanol–water partition coefficient (Wildman–Crippen LogP) is 5.79. The summed E-state index contributed by atoms with van der Waals surface area (Å²) in [5, 5.41) is 6.52. The molecule has 8 heteroatoms. The second-order valence-corrected chi connectivity index (χ2v) is 8.91. The molecule has 0 aliphatic heterocycles. The van der Waals surface area contributed by atoms with Crippen molar-refractivity contribution in [1.82, 2.24) is 9.97 Å². The summed E-state index contributed by atoms with van der Waals surface area (Å²) in [5.74, 6) is 1.37. The summed E-state index contributed by atoms with van der Waals surface area (Å²) >= 11 is 3.13. The molecule has 2 heterocycles. The zero-order valence-electron chi connectivity index (χ0n) is 17.4. The van der Waals surface area contributed by atoms with Gasteiger partial charge in [-0.3, -0.25) is 4.79 Å². The number of rotatable bonds is 9. The second kappa shape index (κ2) is 9.89. The van der Waals surface area contributed by atoms with Gasteiger partial charge in [0.15, 0.2) is 5.13 Å². The van der Waals surface area contributed by atoms with Gasteiger partial charge in [-0.15, -0.1) is 22.7 Å². The third-order valence-corrected chi connectivity index (χ3v) is 6.67. The van der Waals surface area contributed by atoms with Crippen LogP contribution in [0.1, 0.15) is 24.3 Å². The van der Waals surface area contributed by atoms with Crippen LogP contribution in [-0.4, -0.2) is 30.1 Å². The SMILES string of the molecule is COc1ccc(-c2csc(NC(=O)CCCCc3nc4ccccc4s3)n2)c(OC)c1. The van der Waals surface area contributed by atoms with Gasteiger partial charge in [-0.2, -0.15) is 0 Å². The number of amides is 1. The number of carbonyl (C=O) groups excluding carboxylic acids is 1. The largest absolute Gasteiger partial charge is 0.497 e.